The predicted octanol–water partition coefficient (Wildman–Crippen LogP) is 4.14. The van der Waals surface area contributed by atoms with E-state index in [1.54, 1.807) is 0 Å². The van der Waals surface area contributed by atoms with Crippen LogP contribution in [0.3, 0.4) is 0 Å². The van der Waals surface area contributed by atoms with Crippen molar-refractivity contribution in [1.82, 2.24) is 5.32 Å². The second-order valence-corrected chi connectivity index (χ2v) is 6.65. The van der Waals surface area contributed by atoms with Crippen molar-refractivity contribution in [3.8, 4) is 5.75 Å². The molecule has 3 nitrogen and oxygen atoms in total. The molecule has 1 amide bonds. The topological polar surface area (TPSA) is 38.3 Å². The molecule has 0 bridgehead atoms. The quantitative estimate of drug-likeness (QED) is 0.780. The largest absolute Gasteiger partial charge is 0.493 e. The number of nitrogens with one attached hydrogen (secondary N) is 1. The number of hydrogen-bond acceptors (Lipinski definition) is 2. The number of amides is 1. The average molecular weight is 331 g/mol. The monoisotopic (exact) mass is 331 g/mol. The zero-order valence-corrected chi connectivity index (χ0v) is 14.3. The summed E-state index contributed by atoms with van der Waals surface area (Å²) in [6.07, 6.45) is 1.78. The van der Waals surface area contributed by atoms with E-state index < -0.39 is 0 Å². The van der Waals surface area contributed by atoms with Gasteiger partial charge in [0.25, 0.3) is 5.91 Å². The Hall–Kier alpha value is -2.81. The van der Waals surface area contributed by atoms with E-state index in [9.17, 15) is 4.79 Å². The lowest BCUT2D eigenvalue weighted by Gasteiger charge is -2.15. The van der Waals surface area contributed by atoms with Crippen molar-refractivity contribution in [1.29, 1.82) is 0 Å². The van der Waals surface area contributed by atoms with E-state index in [4.69, 9.17) is 4.74 Å². The second kappa shape index (κ2) is 6.60. The van der Waals surface area contributed by atoms with Gasteiger partial charge in [-0.15, -0.1) is 0 Å². The lowest BCUT2D eigenvalue weighted by Crippen LogP contribution is -2.34. The summed E-state index contributed by atoms with van der Waals surface area (Å²) in [5, 5.41) is 5.21. The summed E-state index contributed by atoms with van der Waals surface area (Å²) in [4.78, 5) is 12.7. The number of carbonyl (C=O) groups excluding carboxylic acids is 1. The number of benzene rings is 3. The van der Waals surface area contributed by atoms with Gasteiger partial charge in [0, 0.05) is 18.0 Å². The van der Waals surface area contributed by atoms with Gasteiger partial charge in [-0.05, 0) is 47.4 Å². The van der Waals surface area contributed by atoms with Gasteiger partial charge in [0.2, 0.25) is 0 Å². The first-order chi connectivity index (χ1) is 12.2. The number of carbonyl (C=O) groups is 1. The molecule has 4 rings (SSSR count). The third kappa shape index (κ3) is 3.22. The van der Waals surface area contributed by atoms with Gasteiger partial charge >= 0.3 is 0 Å². The van der Waals surface area contributed by atoms with E-state index in [0.29, 0.717) is 0 Å². The minimum atomic E-state index is -0.0196. The van der Waals surface area contributed by atoms with Crippen LogP contribution in [0.1, 0.15) is 28.4 Å². The third-order valence-corrected chi connectivity index (χ3v) is 4.71. The SMILES string of the molecule is C[C@H](Cc1ccc2c(c1)CCO2)NC(=O)c1cccc2ccccc12. The highest BCUT2D eigenvalue weighted by atomic mass is 16.5. The van der Waals surface area contributed by atoms with Crippen molar-refractivity contribution < 1.29 is 9.53 Å². The van der Waals surface area contributed by atoms with Crippen molar-refractivity contribution >= 4 is 16.7 Å². The molecule has 1 heterocycles. The van der Waals surface area contributed by atoms with Crippen LogP contribution in [-0.2, 0) is 12.8 Å². The first kappa shape index (κ1) is 15.7. The standard InChI is InChI=1S/C22H21NO2/c1-15(13-16-9-10-21-18(14-16)11-12-25-21)23-22(24)20-8-4-6-17-5-2-3-7-19(17)20/h2-10,14-15H,11-13H2,1H3,(H,23,24)/t15-/m1/s1. The lowest BCUT2D eigenvalue weighted by molar-refractivity contribution is 0.0942. The second-order valence-electron chi connectivity index (χ2n) is 6.65. The van der Waals surface area contributed by atoms with E-state index in [0.717, 1.165) is 41.5 Å². The summed E-state index contributed by atoms with van der Waals surface area (Å²) < 4.78 is 5.55. The molecule has 0 fully saturated rings. The van der Waals surface area contributed by atoms with E-state index in [2.05, 4.69) is 17.4 Å². The maximum absolute atomic E-state index is 12.7. The van der Waals surface area contributed by atoms with E-state index in [1.165, 1.54) is 11.1 Å². The lowest BCUT2D eigenvalue weighted by atomic mass is 10.0. The third-order valence-electron chi connectivity index (χ3n) is 4.71. The fraction of sp³-hybridized carbons (Fsp3) is 0.227. The molecule has 3 heteroatoms. The molecule has 1 atom stereocenters. The first-order valence-electron chi connectivity index (χ1n) is 8.74. The molecule has 0 spiro atoms. The fourth-order valence-electron chi connectivity index (χ4n) is 3.50. The van der Waals surface area contributed by atoms with Gasteiger partial charge in [0.05, 0.1) is 6.61 Å². The van der Waals surface area contributed by atoms with Crippen LogP contribution in [0.25, 0.3) is 10.8 Å². The molecule has 1 aliphatic rings. The summed E-state index contributed by atoms with van der Waals surface area (Å²) in [6, 6.07) is 20.2. The van der Waals surface area contributed by atoms with Crippen molar-refractivity contribution in [3.05, 3.63) is 77.4 Å². The van der Waals surface area contributed by atoms with Crippen molar-refractivity contribution in [2.75, 3.05) is 6.61 Å². The van der Waals surface area contributed by atoms with Gasteiger partial charge in [0.15, 0.2) is 0 Å². The molecule has 0 unspecified atom stereocenters. The van der Waals surface area contributed by atoms with Gasteiger partial charge in [-0.1, -0.05) is 48.5 Å². The Morgan fingerprint density at radius 3 is 2.88 bits per heavy atom. The molecular formula is C22H21NO2. The molecule has 25 heavy (non-hydrogen) atoms. The Morgan fingerprint density at radius 1 is 1.12 bits per heavy atom. The van der Waals surface area contributed by atoms with Crippen LogP contribution in [0.15, 0.2) is 60.7 Å². The Balaban J connectivity index is 1.48. The van der Waals surface area contributed by atoms with Crippen LogP contribution >= 0.6 is 0 Å². The molecular weight excluding hydrogens is 310 g/mol. The molecule has 0 saturated heterocycles. The van der Waals surface area contributed by atoms with Gasteiger partial charge in [-0.2, -0.15) is 0 Å². The molecule has 3 aromatic carbocycles. The number of ether oxygens (including phenoxy) is 1. The Labute approximate surface area is 147 Å². The molecule has 0 aliphatic carbocycles. The minimum absolute atomic E-state index is 0.0196. The summed E-state index contributed by atoms with van der Waals surface area (Å²) in [5.41, 5.74) is 3.23. The zero-order valence-electron chi connectivity index (χ0n) is 14.3. The number of fused-ring (bicyclic) bond motifs is 2. The van der Waals surface area contributed by atoms with E-state index >= 15 is 0 Å². The Morgan fingerprint density at radius 2 is 1.96 bits per heavy atom. The number of rotatable bonds is 4. The van der Waals surface area contributed by atoms with Crippen molar-refractivity contribution in [2.45, 2.75) is 25.8 Å². The summed E-state index contributed by atoms with van der Waals surface area (Å²) >= 11 is 0. The highest BCUT2D eigenvalue weighted by Crippen LogP contribution is 2.26. The smallest absolute Gasteiger partial charge is 0.252 e. The van der Waals surface area contributed by atoms with E-state index in [-0.39, 0.29) is 11.9 Å². The molecule has 1 N–H and O–H groups in total. The predicted molar refractivity (Wildman–Crippen MR) is 100 cm³/mol. The van der Waals surface area contributed by atoms with Crippen LogP contribution in [0, 0.1) is 0 Å². The maximum Gasteiger partial charge on any atom is 0.252 e. The fourth-order valence-corrected chi connectivity index (χ4v) is 3.50. The van der Waals surface area contributed by atoms with Crippen LogP contribution in [0.4, 0.5) is 0 Å². The summed E-state index contributed by atoms with van der Waals surface area (Å²) in [6.45, 7) is 2.82. The van der Waals surface area contributed by atoms with Gasteiger partial charge in [0.1, 0.15) is 5.75 Å². The van der Waals surface area contributed by atoms with Crippen LogP contribution < -0.4 is 10.1 Å². The van der Waals surface area contributed by atoms with Gasteiger partial charge in [-0.25, -0.2) is 0 Å². The van der Waals surface area contributed by atoms with Gasteiger partial charge in [-0.3, -0.25) is 4.79 Å². The average Bonchev–Trinajstić information content (AvgIpc) is 3.08. The molecule has 0 aromatic heterocycles. The maximum atomic E-state index is 12.7. The summed E-state index contributed by atoms with van der Waals surface area (Å²) in [5.74, 6) is 0.977. The first-order valence-corrected chi connectivity index (χ1v) is 8.74. The molecule has 3 aromatic rings. The Bertz CT molecular complexity index is 927. The van der Waals surface area contributed by atoms with Crippen LogP contribution in [-0.4, -0.2) is 18.6 Å². The van der Waals surface area contributed by atoms with Gasteiger partial charge < -0.3 is 10.1 Å². The van der Waals surface area contributed by atoms with Crippen molar-refractivity contribution in [2.24, 2.45) is 0 Å². The normalized spacial score (nSPS) is 14.0. The van der Waals surface area contributed by atoms with Crippen molar-refractivity contribution in [3.63, 3.8) is 0 Å². The zero-order chi connectivity index (χ0) is 17.2. The molecule has 0 saturated carbocycles. The molecule has 0 radical (unpaired) electrons. The molecule has 1 aliphatic heterocycles. The van der Waals surface area contributed by atoms with Crippen LogP contribution in [0.5, 0.6) is 5.75 Å². The highest BCUT2D eigenvalue weighted by molar-refractivity contribution is 6.07. The minimum Gasteiger partial charge on any atom is -0.493 e. The molecule has 126 valence electrons. The summed E-state index contributed by atoms with van der Waals surface area (Å²) in [7, 11) is 0. The van der Waals surface area contributed by atoms with Crippen LogP contribution in [0.2, 0.25) is 0 Å². The van der Waals surface area contributed by atoms with E-state index in [1.807, 2.05) is 55.5 Å². The Kier molecular flexibility index (Phi) is 4.14. The highest BCUT2D eigenvalue weighted by Gasteiger charge is 2.15. The number of hydrogen-bond donors (Lipinski definition) is 1.